The van der Waals surface area contributed by atoms with E-state index in [1.54, 1.807) is 6.07 Å². The number of hydrogen-bond acceptors (Lipinski definition) is 4. The number of benzene rings is 2. The lowest BCUT2D eigenvalue weighted by Gasteiger charge is -2.16. The fourth-order valence-corrected chi connectivity index (χ4v) is 3.32. The van der Waals surface area contributed by atoms with Crippen LogP contribution in [0.2, 0.25) is 0 Å². The number of ether oxygens (including phenoxy) is 1. The zero-order valence-corrected chi connectivity index (χ0v) is 15.9. The number of nitrogens with one attached hydrogen (secondary N) is 1. The summed E-state index contributed by atoms with van der Waals surface area (Å²) in [5.41, 5.74) is -0.754. The minimum atomic E-state index is -4.65. The number of aromatic nitrogens is 2. The third-order valence-corrected chi connectivity index (χ3v) is 4.77. The van der Waals surface area contributed by atoms with Crippen LogP contribution in [0.1, 0.15) is 5.56 Å². The summed E-state index contributed by atoms with van der Waals surface area (Å²) in [6.45, 7) is 0. The first-order chi connectivity index (χ1) is 14.7. The molecule has 0 amide bonds. The van der Waals surface area contributed by atoms with Gasteiger partial charge in [-0.2, -0.15) is 13.2 Å². The van der Waals surface area contributed by atoms with Crippen molar-refractivity contribution in [1.29, 1.82) is 0 Å². The molecule has 0 radical (unpaired) electrons. The molecule has 10 heteroatoms. The highest BCUT2D eigenvalue weighted by Crippen LogP contribution is 2.42. The SMILES string of the molecule is Cn1cc(-c2cc([N+](=O)[O-])ccc2Oc2ccccc2C(F)(F)F)c2cc[nH]c2c1=O. The summed E-state index contributed by atoms with van der Waals surface area (Å²) < 4.78 is 47.1. The van der Waals surface area contributed by atoms with Gasteiger partial charge in [-0.25, -0.2) is 0 Å². The summed E-state index contributed by atoms with van der Waals surface area (Å²) in [5.74, 6) is -0.469. The molecule has 0 aliphatic heterocycles. The van der Waals surface area contributed by atoms with Gasteiger partial charge >= 0.3 is 6.18 Å². The highest BCUT2D eigenvalue weighted by Gasteiger charge is 2.34. The smallest absolute Gasteiger partial charge is 0.419 e. The predicted molar refractivity (Wildman–Crippen MR) is 107 cm³/mol. The van der Waals surface area contributed by atoms with E-state index in [0.717, 1.165) is 12.1 Å². The lowest BCUT2D eigenvalue weighted by atomic mass is 10.0. The molecule has 31 heavy (non-hydrogen) atoms. The summed E-state index contributed by atoms with van der Waals surface area (Å²) in [4.78, 5) is 25.9. The number of pyridine rings is 1. The van der Waals surface area contributed by atoms with E-state index in [-0.39, 0.29) is 28.1 Å². The van der Waals surface area contributed by atoms with Crippen LogP contribution in [0.3, 0.4) is 0 Å². The van der Waals surface area contributed by atoms with E-state index in [0.29, 0.717) is 10.9 Å². The maximum atomic E-state index is 13.4. The molecule has 0 saturated heterocycles. The monoisotopic (exact) mass is 429 g/mol. The molecule has 0 atom stereocenters. The number of aromatic amines is 1. The Bertz CT molecular complexity index is 1370. The van der Waals surface area contributed by atoms with Gasteiger partial charge in [0.1, 0.15) is 17.0 Å². The number of halogens is 3. The minimum absolute atomic E-state index is 0.0246. The number of nitro groups is 1. The Morgan fingerprint density at radius 2 is 1.81 bits per heavy atom. The van der Waals surface area contributed by atoms with Gasteiger partial charge in [-0.05, 0) is 24.3 Å². The molecule has 0 fully saturated rings. The van der Waals surface area contributed by atoms with Crippen LogP contribution in [0.5, 0.6) is 11.5 Å². The number of aryl methyl sites for hydroxylation is 1. The van der Waals surface area contributed by atoms with Crippen molar-refractivity contribution in [3.05, 3.63) is 87.0 Å². The number of nitro benzene ring substituents is 1. The van der Waals surface area contributed by atoms with Gasteiger partial charge < -0.3 is 14.3 Å². The summed E-state index contributed by atoms with van der Waals surface area (Å²) in [7, 11) is 1.50. The zero-order chi connectivity index (χ0) is 22.3. The fourth-order valence-electron chi connectivity index (χ4n) is 3.32. The van der Waals surface area contributed by atoms with Crippen molar-refractivity contribution < 1.29 is 22.8 Å². The van der Waals surface area contributed by atoms with Crippen LogP contribution in [0.25, 0.3) is 22.0 Å². The fraction of sp³-hybridized carbons (Fsp3) is 0.0952. The van der Waals surface area contributed by atoms with Crippen LogP contribution in [0.15, 0.2) is 65.7 Å². The average Bonchev–Trinajstić information content (AvgIpc) is 3.21. The lowest BCUT2D eigenvalue weighted by molar-refractivity contribution is -0.384. The van der Waals surface area contributed by atoms with E-state index in [1.165, 1.54) is 54.3 Å². The van der Waals surface area contributed by atoms with Gasteiger partial charge in [0, 0.05) is 48.1 Å². The second-order valence-corrected chi connectivity index (χ2v) is 6.76. The summed E-state index contributed by atoms with van der Waals surface area (Å²) >= 11 is 0. The largest absolute Gasteiger partial charge is 0.456 e. The molecule has 0 aliphatic rings. The number of hydrogen-bond donors (Lipinski definition) is 1. The lowest BCUT2D eigenvalue weighted by Crippen LogP contribution is -2.16. The second kappa shape index (κ2) is 7.31. The Morgan fingerprint density at radius 1 is 1.06 bits per heavy atom. The first kappa shape index (κ1) is 20.2. The number of rotatable bonds is 4. The number of alkyl halides is 3. The molecule has 4 aromatic rings. The molecule has 2 aromatic heterocycles. The van der Waals surface area contributed by atoms with Crippen molar-refractivity contribution in [3.63, 3.8) is 0 Å². The Labute approximate surface area is 172 Å². The van der Waals surface area contributed by atoms with Crippen LogP contribution in [0, 0.1) is 10.1 Å². The van der Waals surface area contributed by atoms with Crippen molar-refractivity contribution in [3.8, 4) is 22.6 Å². The number of non-ortho nitro benzene ring substituents is 1. The number of para-hydroxylation sites is 1. The highest BCUT2D eigenvalue weighted by molar-refractivity contribution is 5.96. The van der Waals surface area contributed by atoms with E-state index in [2.05, 4.69) is 4.98 Å². The first-order valence-electron chi connectivity index (χ1n) is 8.96. The molecule has 2 aromatic carbocycles. The third-order valence-electron chi connectivity index (χ3n) is 4.77. The number of nitrogens with zero attached hydrogens (tertiary/aromatic N) is 2. The Morgan fingerprint density at radius 3 is 2.52 bits per heavy atom. The standard InChI is InChI=1S/C21H14F3N3O4/c1-26-11-15(13-8-9-25-19(13)20(26)28)14-10-12(27(29)30)6-7-17(14)31-18-5-3-2-4-16(18)21(22,23)24/h2-11,25H,1H3. The van der Waals surface area contributed by atoms with Gasteiger partial charge in [0.05, 0.1) is 10.5 Å². The molecule has 158 valence electrons. The molecule has 0 unspecified atom stereocenters. The maximum Gasteiger partial charge on any atom is 0.419 e. The third kappa shape index (κ3) is 3.63. The molecule has 7 nitrogen and oxygen atoms in total. The number of fused-ring (bicyclic) bond motifs is 1. The highest BCUT2D eigenvalue weighted by atomic mass is 19.4. The van der Waals surface area contributed by atoms with Crippen molar-refractivity contribution in [2.45, 2.75) is 6.18 Å². The molecular formula is C21H14F3N3O4. The molecule has 0 aliphatic carbocycles. The zero-order valence-electron chi connectivity index (χ0n) is 15.9. The summed E-state index contributed by atoms with van der Waals surface area (Å²) in [6, 6.07) is 9.89. The van der Waals surface area contributed by atoms with Gasteiger partial charge in [0.2, 0.25) is 0 Å². The normalized spacial score (nSPS) is 11.6. The molecule has 0 bridgehead atoms. The van der Waals surface area contributed by atoms with Crippen LogP contribution in [-0.2, 0) is 13.2 Å². The summed E-state index contributed by atoms with van der Waals surface area (Å²) in [5, 5.41) is 11.8. The Kier molecular flexibility index (Phi) is 4.77. The van der Waals surface area contributed by atoms with E-state index in [9.17, 15) is 28.1 Å². The quantitative estimate of drug-likeness (QED) is 0.354. The van der Waals surface area contributed by atoms with Gasteiger partial charge in [-0.15, -0.1) is 0 Å². The van der Waals surface area contributed by atoms with Crippen LogP contribution in [-0.4, -0.2) is 14.5 Å². The first-order valence-corrected chi connectivity index (χ1v) is 8.96. The van der Waals surface area contributed by atoms with Gasteiger partial charge in [0.15, 0.2) is 0 Å². The summed E-state index contributed by atoms with van der Waals surface area (Å²) in [6.07, 6.45) is -1.66. The second-order valence-electron chi connectivity index (χ2n) is 6.76. The Hall–Kier alpha value is -4.08. The molecule has 0 spiro atoms. The maximum absolute atomic E-state index is 13.4. The van der Waals surface area contributed by atoms with Crippen molar-refractivity contribution in [1.82, 2.24) is 9.55 Å². The van der Waals surface area contributed by atoms with Crippen molar-refractivity contribution in [2.24, 2.45) is 7.05 Å². The van der Waals surface area contributed by atoms with E-state index in [1.807, 2.05) is 0 Å². The Balaban J connectivity index is 1.96. The molecule has 1 N–H and O–H groups in total. The van der Waals surface area contributed by atoms with Crippen LogP contribution < -0.4 is 10.3 Å². The van der Waals surface area contributed by atoms with Gasteiger partial charge in [-0.3, -0.25) is 14.9 Å². The van der Waals surface area contributed by atoms with E-state index >= 15 is 0 Å². The molecular weight excluding hydrogens is 415 g/mol. The topological polar surface area (TPSA) is 90.2 Å². The predicted octanol–water partition coefficient (Wildman–Crippen LogP) is 5.25. The average molecular weight is 429 g/mol. The van der Waals surface area contributed by atoms with Crippen molar-refractivity contribution >= 4 is 16.6 Å². The van der Waals surface area contributed by atoms with Gasteiger partial charge in [0.25, 0.3) is 11.2 Å². The molecule has 2 heterocycles. The molecule has 4 rings (SSSR count). The minimum Gasteiger partial charge on any atom is -0.456 e. The number of H-pyrrole nitrogens is 1. The molecule has 0 saturated carbocycles. The van der Waals surface area contributed by atoms with Crippen LogP contribution in [0.4, 0.5) is 18.9 Å². The van der Waals surface area contributed by atoms with Crippen molar-refractivity contribution in [2.75, 3.05) is 0 Å². The van der Waals surface area contributed by atoms with Crippen LogP contribution >= 0.6 is 0 Å². The van der Waals surface area contributed by atoms with E-state index in [4.69, 9.17) is 4.74 Å². The van der Waals surface area contributed by atoms with E-state index < -0.39 is 22.4 Å². The van der Waals surface area contributed by atoms with Gasteiger partial charge in [-0.1, -0.05) is 12.1 Å².